The minimum absolute atomic E-state index is 0.174. The molecule has 0 spiro atoms. The number of carbonyl (C=O) groups excluding carboxylic acids is 3. The summed E-state index contributed by atoms with van der Waals surface area (Å²) < 4.78 is 10.3. The molecule has 0 aliphatic heterocycles. The zero-order chi connectivity index (χ0) is 17.9. The Hall–Kier alpha value is -2.95. The van der Waals surface area contributed by atoms with Gasteiger partial charge in [0, 0.05) is 13.8 Å². The fraction of sp³-hybridized carbons (Fsp3) is 0.211. The summed E-state index contributed by atoms with van der Waals surface area (Å²) in [6.45, 7) is 6.20. The largest absolute Gasteiger partial charge is 0.426 e. The third kappa shape index (κ3) is 4.07. The number of aryl methyl sites for hydroxylation is 2. The molecule has 0 amide bonds. The van der Waals surface area contributed by atoms with Crippen LogP contribution in [0.1, 0.15) is 40.9 Å². The lowest BCUT2D eigenvalue weighted by molar-refractivity contribution is -0.132. The van der Waals surface area contributed by atoms with Crippen molar-refractivity contribution in [3.63, 3.8) is 0 Å². The first kappa shape index (κ1) is 17.4. The number of ether oxygens (including phenoxy) is 2. The second kappa shape index (κ2) is 7.08. The first-order valence-corrected chi connectivity index (χ1v) is 7.40. The van der Waals surface area contributed by atoms with Gasteiger partial charge >= 0.3 is 11.9 Å². The van der Waals surface area contributed by atoms with E-state index in [0.29, 0.717) is 0 Å². The Kier molecular flexibility index (Phi) is 5.14. The van der Waals surface area contributed by atoms with E-state index in [1.807, 2.05) is 13.8 Å². The highest BCUT2D eigenvalue weighted by molar-refractivity contribution is 6.13. The lowest BCUT2D eigenvalue weighted by atomic mass is 9.98. The van der Waals surface area contributed by atoms with Crippen LogP contribution in [0, 0.1) is 13.8 Å². The molecule has 0 bridgehead atoms. The van der Waals surface area contributed by atoms with Crippen LogP contribution in [0.25, 0.3) is 0 Å². The van der Waals surface area contributed by atoms with Crippen molar-refractivity contribution >= 4 is 17.7 Å². The van der Waals surface area contributed by atoms with Crippen LogP contribution in [0.2, 0.25) is 0 Å². The molecule has 2 rings (SSSR count). The number of esters is 2. The number of hydrogen-bond acceptors (Lipinski definition) is 5. The van der Waals surface area contributed by atoms with Crippen LogP contribution in [0.3, 0.4) is 0 Å². The van der Waals surface area contributed by atoms with Gasteiger partial charge in [0.1, 0.15) is 11.5 Å². The van der Waals surface area contributed by atoms with Gasteiger partial charge in [-0.25, -0.2) is 0 Å². The van der Waals surface area contributed by atoms with Crippen molar-refractivity contribution in [2.24, 2.45) is 0 Å². The van der Waals surface area contributed by atoms with E-state index in [-0.39, 0.29) is 28.4 Å². The second-order valence-electron chi connectivity index (χ2n) is 5.52. The first-order chi connectivity index (χ1) is 11.3. The topological polar surface area (TPSA) is 69.7 Å². The molecule has 124 valence electrons. The molecular weight excluding hydrogens is 308 g/mol. The molecule has 0 aromatic heterocycles. The number of benzene rings is 2. The van der Waals surface area contributed by atoms with Crippen molar-refractivity contribution in [3.05, 3.63) is 58.7 Å². The Bertz CT molecular complexity index is 753. The Labute approximate surface area is 140 Å². The molecule has 0 fully saturated rings. The summed E-state index contributed by atoms with van der Waals surface area (Å²) in [5.41, 5.74) is 2.17. The lowest BCUT2D eigenvalue weighted by Crippen LogP contribution is -2.12. The van der Waals surface area contributed by atoms with Crippen LogP contribution in [0.4, 0.5) is 0 Å². The quantitative estimate of drug-likeness (QED) is 0.489. The summed E-state index contributed by atoms with van der Waals surface area (Å²) in [5, 5.41) is 0. The zero-order valence-corrected chi connectivity index (χ0v) is 14.0. The molecule has 0 heterocycles. The van der Waals surface area contributed by atoms with E-state index in [4.69, 9.17) is 9.47 Å². The second-order valence-corrected chi connectivity index (χ2v) is 5.52. The van der Waals surface area contributed by atoms with Crippen molar-refractivity contribution < 1.29 is 23.9 Å². The van der Waals surface area contributed by atoms with Gasteiger partial charge in [-0.2, -0.15) is 0 Å². The SMILES string of the molecule is CC(=O)Oc1ccc(C)cc1C(=O)c1cc(C)ccc1OC(C)=O. The first-order valence-electron chi connectivity index (χ1n) is 7.40. The van der Waals surface area contributed by atoms with Gasteiger partial charge in [-0.3, -0.25) is 14.4 Å². The average molecular weight is 326 g/mol. The highest BCUT2D eigenvalue weighted by Gasteiger charge is 2.21. The van der Waals surface area contributed by atoms with Gasteiger partial charge in [0.15, 0.2) is 0 Å². The standard InChI is InChI=1S/C19H18O5/c1-11-5-7-17(23-13(3)20)15(9-11)19(22)16-10-12(2)6-8-18(16)24-14(4)21/h5-10H,1-4H3. The predicted molar refractivity (Wildman–Crippen MR) is 88.4 cm³/mol. The molecular formula is C19H18O5. The number of carbonyl (C=O) groups is 3. The predicted octanol–water partition coefficient (Wildman–Crippen LogP) is 3.39. The van der Waals surface area contributed by atoms with Gasteiger partial charge in [0.25, 0.3) is 0 Å². The molecule has 5 heteroatoms. The van der Waals surface area contributed by atoms with Gasteiger partial charge in [0.05, 0.1) is 11.1 Å². The van der Waals surface area contributed by atoms with Crippen molar-refractivity contribution in [1.82, 2.24) is 0 Å². The Morgan fingerprint density at radius 3 is 1.42 bits per heavy atom. The summed E-state index contributed by atoms with van der Waals surface area (Å²) in [4.78, 5) is 35.5. The molecule has 0 saturated heterocycles. The molecule has 0 aliphatic carbocycles. The Morgan fingerprint density at radius 1 is 0.708 bits per heavy atom. The van der Waals surface area contributed by atoms with E-state index in [2.05, 4.69) is 0 Å². The molecule has 0 radical (unpaired) electrons. The maximum Gasteiger partial charge on any atom is 0.308 e. The summed E-state index contributed by atoms with van der Waals surface area (Å²) in [5.74, 6) is -1.06. The molecule has 5 nitrogen and oxygen atoms in total. The minimum atomic E-state index is -0.516. The highest BCUT2D eigenvalue weighted by atomic mass is 16.5. The number of rotatable bonds is 4. The van der Waals surface area contributed by atoms with E-state index < -0.39 is 11.9 Å². The normalized spacial score (nSPS) is 10.2. The van der Waals surface area contributed by atoms with Crippen LogP contribution in [-0.4, -0.2) is 17.7 Å². The van der Waals surface area contributed by atoms with Crippen molar-refractivity contribution in [1.29, 1.82) is 0 Å². The van der Waals surface area contributed by atoms with E-state index in [0.717, 1.165) is 11.1 Å². The number of ketones is 1. The molecule has 2 aromatic carbocycles. The average Bonchev–Trinajstić information content (AvgIpc) is 2.49. The number of hydrogen-bond donors (Lipinski definition) is 0. The van der Waals surface area contributed by atoms with Crippen molar-refractivity contribution in [2.75, 3.05) is 0 Å². The molecule has 0 aliphatic rings. The van der Waals surface area contributed by atoms with E-state index in [9.17, 15) is 14.4 Å². The van der Waals surface area contributed by atoms with Crippen molar-refractivity contribution in [3.8, 4) is 11.5 Å². The van der Waals surface area contributed by atoms with E-state index in [1.54, 1.807) is 36.4 Å². The fourth-order valence-corrected chi connectivity index (χ4v) is 2.28. The van der Waals surface area contributed by atoms with Gasteiger partial charge in [0.2, 0.25) is 5.78 Å². The molecule has 2 aromatic rings. The molecule has 0 unspecified atom stereocenters. The van der Waals surface area contributed by atoms with Crippen LogP contribution in [0.5, 0.6) is 11.5 Å². The van der Waals surface area contributed by atoms with Gasteiger partial charge < -0.3 is 9.47 Å². The van der Waals surface area contributed by atoms with Crippen LogP contribution in [0.15, 0.2) is 36.4 Å². The van der Waals surface area contributed by atoms with E-state index in [1.165, 1.54) is 13.8 Å². The zero-order valence-electron chi connectivity index (χ0n) is 14.0. The molecule has 24 heavy (non-hydrogen) atoms. The van der Waals surface area contributed by atoms with Crippen LogP contribution in [-0.2, 0) is 9.59 Å². The van der Waals surface area contributed by atoms with Gasteiger partial charge in [-0.1, -0.05) is 23.3 Å². The van der Waals surface area contributed by atoms with Gasteiger partial charge in [-0.05, 0) is 38.1 Å². The van der Waals surface area contributed by atoms with Crippen LogP contribution >= 0.6 is 0 Å². The highest BCUT2D eigenvalue weighted by Crippen LogP contribution is 2.28. The Morgan fingerprint density at radius 2 is 1.08 bits per heavy atom. The lowest BCUT2D eigenvalue weighted by Gasteiger charge is -2.12. The van der Waals surface area contributed by atoms with Gasteiger partial charge in [-0.15, -0.1) is 0 Å². The summed E-state index contributed by atoms with van der Waals surface area (Å²) in [6, 6.07) is 9.92. The third-order valence-corrected chi connectivity index (χ3v) is 3.27. The third-order valence-electron chi connectivity index (χ3n) is 3.27. The van der Waals surface area contributed by atoms with Crippen molar-refractivity contribution in [2.45, 2.75) is 27.7 Å². The van der Waals surface area contributed by atoms with Crippen LogP contribution < -0.4 is 9.47 Å². The monoisotopic (exact) mass is 326 g/mol. The maximum atomic E-state index is 13.0. The smallest absolute Gasteiger partial charge is 0.308 e. The fourth-order valence-electron chi connectivity index (χ4n) is 2.28. The molecule has 0 saturated carbocycles. The summed E-state index contributed by atoms with van der Waals surface area (Å²) in [6.07, 6.45) is 0. The van der Waals surface area contributed by atoms with E-state index >= 15 is 0 Å². The minimum Gasteiger partial charge on any atom is -0.426 e. The summed E-state index contributed by atoms with van der Waals surface area (Å²) in [7, 11) is 0. The Balaban J connectivity index is 2.56. The molecule has 0 atom stereocenters. The summed E-state index contributed by atoms with van der Waals surface area (Å²) >= 11 is 0. The molecule has 0 N–H and O–H groups in total. The maximum absolute atomic E-state index is 13.0.